The normalized spacial score (nSPS) is 15.5. The van der Waals surface area contributed by atoms with Gasteiger partial charge in [-0.15, -0.1) is 13.2 Å². The van der Waals surface area contributed by atoms with Crippen molar-refractivity contribution in [2.75, 3.05) is 5.32 Å². The van der Waals surface area contributed by atoms with Crippen LogP contribution in [0.2, 0.25) is 0 Å². The minimum atomic E-state index is -4.72. The number of hydrogen-bond donors (Lipinski definition) is 2. The van der Waals surface area contributed by atoms with Crippen molar-refractivity contribution in [1.82, 2.24) is 4.98 Å². The summed E-state index contributed by atoms with van der Waals surface area (Å²) in [5.41, 5.74) is 7.18. The van der Waals surface area contributed by atoms with E-state index < -0.39 is 6.36 Å². The van der Waals surface area contributed by atoms with Crippen LogP contribution in [0.25, 0.3) is 0 Å². The van der Waals surface area contributed by atoms with Gasteiger partial charge in [-0.25, -0.2) is 9.98 Å². The summed E-state index contributed by atoms with van der Waals surface area (Å²) in [5.74, 6) is 0.373. The highest BCUT2D eigenvalue weighted by Crippen LogP contribution is 2.26. The van der Waals surface area contributed by atoms with Gasteiger partial charge in [-0.3, -0.25) is 0 Å². The van der Waals surface area contributed by atoms with Crippen molar-refractivity contribution >= 4 is 11.6 Å². The maximum absolute atomic E-state index is 12.2. The first-order chi connectivity index (χ1) is 13.4. The predicted molar refractivity (Wildman–Crippen MR) is 99.2 cm³/mol. The molecular weight excluding hydrogens is 373 g/mol. The Kier molecular flexibility index (Phi) is 6.23. The van der Waals surface area contributed by atoms with Crippen LogP contribution < -0.4 is 20.5 Å². The number of nitrogens with zero attached hydrogens (tertiary/aromatic N) is 2. The lowest BCUT2D eigenvalue weighted by Crippen LogP contribution is -2.23. The van der Waals surface area contributed by atoms with E-state index in [0.717, 1.165) is 31.2 Å². The molecule has 150 valence electrons. The fourth-order valence-electron chi connectivity index (χ4n) is 2.91. The molecule has 2 aromatic rings. The summed E-state index contributed by atoms with van der Waals surface area (Å²) in [6.45, 7) is 0.268. The van der Waals surface area contributed by atoms with Gasteiger partial charge >= 0.3 is 6.36 Å². The van der Waals surface area contributed by atoms with E-state index in [2.05, 4.69) is 20.0 Å². The van der Waals surface area contributed by atoms with Gasteiger partial charge in [0, 0.05) is 17.4 Å². The third-order valence-corrected chi connectivity index (χ3v) is 4.21. The summed E-state index contributed by atoms with van der Waals surface area (Å²) in [6, 6.07) is 8.90. The van der Waals surface area contributed by atoms with E-state index in [0.29, 0.717) is 11.6 Å². The zero-order chi connectivity index (χ0) is 20.0. The molecule has 1 aromatic heterocycles. The number of halogens is 3. The largest absolute Gasteiger partial charge is 0.573 e. The Hall–Kier alpha value is -2.97. The Bertz CT molecular complexity index is 804. The summed E-state index contributed by atoms with van der Waals surface area (Å²) < 4.78 is 46.3. The van der Waals surface area contributed by atoms with Gasteiger partial charge < -0.3 is 20.5 Å². The first kappa shape index (κ1) is 19.8. The highest BCUT2D eigenvalue weighted by atomic mass is 19.4. The summed E-state index contributed by atoms with van der Waals surface area (Å²) in [6.07, 6.45) is 1.50. The lowest BCUT2D eigenvalue weighted by atomic mass is 10.2. The molecule has 6 nitrogen and oxygen atoms in total. The molecule has 1 aliphatic rings. The van der Waals surface area contributed by atoms with E-state index in [1.165, 1.54) is 24.3 Å². The number of anilines is 1. The third-order valence-electron chi connectivity index (χ3n) is 4.21. The number of ether oxygens (including phenoxy) is 2. The van der Waals surface area contributed by atoms with Crippen molar-refractivity contribution in [3.63, 3.8) is 0 Å². The highest BCUT2D eigenvalue weighted by Gasteiger charge is 2.30. The summed E-state index contributed by atoms with van der Waals surface area (Å²) >= 11 is 0. The van der Waals surface area contributed by atoms with Crippen LogP contribution in [0.15, 0.2) is 47.6 Å². The standard InChI is InChI=1S/C19H21F3N4O2/c20-19(21,22)28-16-9-7-14(8-10-16)26-18(23)25-12-13-4-3-11-24-17(13)27-15-5-1-2-6-15/h3-4,7-11,15H,1-2,5-6,12H2,(H3,23,25,26). The number of pyridine rings is 1. The summed E-state index contributed by atoms with van der Waals surface area (Å²) in [4.78, 5) is 8.54. The Balaban J connectivity index is 1.58. The third kappa shape index (κ3) is 6.04. The van der Waals surface area contributed by atoms with Crippen LogP contribution >= 0.6 is 0 Å². The second-order valence-electron chi connectivity index (χ2n) is 6.39. The second kappa shape index (κ2) is 8.81. The Morgan fingerprint density at radius 1 is 1.18 bits per heavy atom. The first-order valence-corrected chi connectivity index (χ1v) is 8.92. The molecule has 0 unspecified atom stereocenters. The van der Waals surface area contributed by atoms with Crippen molar-refractivity contribution in [1.29, 1.82) is 0 Å². The molecule has 28 heavy (non-hydrogen) atoms. The molecule has 0 amide bonds. The Labute approximate surface area is 160 Å². The van der Waals surface area contributed by atoms with Gasteiger partial charge in [0.1, 0.15) is 11.9 Å². The van der Waals surface area contributed by atoms with Crippen LogP contribution in [-0.2, 0) is 6.54 Å². The molecule has 3 rings (SSSR count). The van der Waals surface area contributed by atoms with E-state index in [-0.39, 0.29) is 24.4 Å². The van der Waals surface area contributed by atoms with Crippen molar-refractivity contribution in [2.45, 2.75) is 44.7 Å². The minimum Gasteiger partial charge on any atom is -0.474 e. The number of aromatic nitrogens is 1. The topological polar surface area (TPSA) is 81.8 Å². The van der Waals surface area contributed by atoms with Gasteiger partial charge in [0.2, 0.25) is 5.88 Å². The summed E-state index contributed by atoms with van der Waals surface area (Å²) in [5, 5.41) is 2.82. The first-order valence-electron chi connectivity index (χ1n) is 8.92. The molecule has 0 saturated heterocycles. The van der Waals surface area contributed by atoms with Crippen LogP contribution in [0.1, 0.15) is 31.2 Å². The van der Waals surface area contributed by atoms with Crippen LogP contribution in [0.4, 0.5) is 18.9 Å². The van der Waals surface area contributed by atoms with Crippen LogP contribution in [-0.4, -0.2) is 23.4 Å². The molecular formula is C19H21F3N4O2. The Morgan fingerprint density at radius 2 is 1.89 bits per heavy atom. The highest BCUT2D eigenvalue weighted by molar-refractivity contribution is 5.92. The molecule has 9 heteroatoms. The lowest BCUT2D eigenvalue weighted by molar-refractivity contribution is -0.274. The van der Waals surface area contributed by atoms with E-state index in [9.17, 15) is 13.2 Å². The van der Waals surface area contributed by atoms with Crippen LogP contribution in [0, 0.1) is 0 Å². The molecule has 0 bridgehead atoms. The van der Waals surface area contributed by atoms with Gasteiger partial charge in [-0.05, 0) is 56.0 Å². The van der Waals surface area contributed by atoms with Crippen LogP contribution in [0.3, 0.4) is 0 Å². The maximum atomic E-state index is 12.2. The molecule has 0 spiro atoms. The van der Waals surface area contributed by atoms with Crippen molar-refractivity contribution in [3.05, 3.63) is 48.2 Å². The van der Waals surface area contributed by atoms with Gasteiger partial charge in [-0.2, -0.15) is 0 Å². The van der Waals surface area contributed by atoms with E-state index in [1.807, 2.05) is 6.07 Å². The lowest BCUT2D eigenvalue weighted by Gasteiger charge is -2.14. The zero-order valence-corrected chi connectivity index (χ0v) is 15.1. The monoisotopic (exact) mass is 394 g/mol. The molecule has 1 saturated carbocycles. The fourth-order valence-corrected chi connectivity index (χ4v) is 2.91. The van der Waals surface area contributed by atoms with Crippen LogP contribution in [0.5, 0.6) is 11.6 Å². The zero-order valence-electron chi connectivity index (χ0n) is 15.1. The molecule has 0 atom stereocenters. The fraction of sp³-hybridized carbons (Fsp3) is 0.368. The number of alkyl halides is 3. The number of benzene rings is 1. The molecule has 0 aliphatic heterocycles. The molecule has 3 N–H and O–H groups in total. The summed E-state index contributed by atoms with van der Waals surface area (Å²) in [7, 11) is 0. The SMILES string of the molecule is NC(=NCc1cccnc1OC1CCCC1)Nc1ccc(OC(F)(F)F)cc1. The van der Waals surface area contributed by atoms with Gasteiger partial charge in [-0.1, -0.05) is 6.07 Å². The number of aliphatic imine (C=N–C) groups is 1. The maximum Gasteiger partial charge on any atom is 0.573 e. The molecule has 0 radical (unpaired) electrons. The van der Waals surface area contributed by atoms with E-state index >= 15 is 0 Å². The van der Waals surface area contributed by atoms with Gasteiger partial charge in [0.25, 0.3) is 0 Å². The van der Waals surface area contributed by atoms with Crippen molar-refractivity contribution in [2.24, 2.45) is 10.7 Å². The van der Waals surface area contributed by atoms with Crippen molar-refractivity contribution in [3.8, 4) is 11.6 Å². The molecule has 1 heterocycles. The van der Waals surface area contributed by atoms with E-state index in [4.69, 9.17) is 10.5 Å². The van der Waals surface area contributed by atoms with Gasteiger partial charge in [0.05, 0.1) is 6.54 Å². The molecule has 1 aromatic carbocycles. The number of guanidine groups is 1. The average Bonchev–Trinajstić information content (AvgIpc) is 3.14. The molecule has 1 aliphatic carbocycles. The Morgan fingerprint density at radius 3 is 2.57 bits per heavy atom. The number of nitrogens with two attached hydrogens (primary N) is 1. The number of nitrogens with one attached hydrogen (secondary N) is 1. The minimum absolute atomic E-state index is 0.125. The quantitative estimate of drug-likeness (QED) is 0.566. The second-order valence-corrected chi connectivity index (χ2v) is 6.39. The van der Waals surface area contributed by atoms with Crippen molar-refractivity contribution < 1.29 is 22.6 Å². The van der Waals surface area contributed by atoms with E-state index in [1.54, 1.807) is 12.3 Å². The predicted octanol–water partition coefficient (Wildman–Crippen LogP) is 4.23. The molecule has 1 fully saturated rings. The smallest absolute Gasteiger partial charge is 0.474 e. The number of rotatable bonds is 6. The number of hydrogen-bond acceptors (Lipinski definition) is 4. The average molecular weight is 394 g/mol. The van der Waals surface area contributed by atoms with Gasteiger partial charge in [0.15, 0.2) is 5.96 Å².